The van der Waals surface area contributed by atoms with E-state index in [1.807, 2.05) is 38.1 Å². The predicted molar refractivity (Wildman–Crippen MR) is 89.3 cm³/mol. The molecule has 0 aliphatic rings. The minimum atomic E-state index is -0.573. The van der Waals surface area contributed by atoms with E-state index >= 15 is 0 Å². The third-order valence-electron chi connectivity index (χ3n) is 2.74. The molecule has 0 aliphatic heterocycles. The molecule has 1 aromatic rings. The van der Waals surface area contributed by atoms with Crippen molar-refractivity contribution >= 4 is 6.09 Å². The molecule has 0 aliphatic carbocycles. The average Bonchev–Trinajstić information content (AvgIpc) is 2.42. The summed E-state index contributed by atoms with van der Waals surface area (Å²) in [5.41, 5.74) is 0.833. The van der Waals surface area contributed by atoms with Crippen LogP contribution in [0.4, 0.5) is 9.18 Å². The molecular formula is C18H26FNO3. The van der Waals surface area contributed by atoms with Gasteiger partial charge in [-0.1, -0.05) is 12.1 Å². The molecule has 0 bridgehead atoms. The molecule has 5 heteroatoms. The maximum Gasteiger partial charge on any atom is 0.407 e. The van der Waals surface area contributed by atoms with Crippen molar-refractivity contribution in [3.05, 3.63) is 41.7 Å². The summed E-state index contributed by atoms with van der Waals surface area (Å²) in [7, 11) is 0. The van der Waals surface area contributed by atoms with Crippen molar-refractivity contribution in [1.29, 1.82) is 0 Å². The van der Waals surface area contributed by atoms with Crippen LogP contribution in [0.15, 0.2) is 36.2 Å². The van der Waals surface area contributed by atoms with Crippen LogP contribution < -0.4 is 10.1 Å². The number of carbonyl (C=O) groups is 1. The Balaban J connectivity index is 2.52. The van der Waals surface area contributed by atoms with Gasteiger partial charge in [0, 0.05) is 6.54 Å². The number of carbonyl (C=O) groups excluding carboxylic acids is 1. The summed E-state index contributed by atoms with van der Waals surface area (Å²) in [4.78, 5) is 11.6. The Hall–Kier alpha value is -2.04. The van der Waals surface area contributed by atoms with Crippen molar-refractivity contribution in [2.24, 2.45) is 0 Å². The van der Waals surface area contributed by atoms with Crippen molar-refractivity contribution in [1.82, 2.24) is 5.32 Å². The zero-order valence-electron chi connectivity index (χ0n) is 14.5. The summed E-state index contributed by atoms with van der Waals surface area (Å²) in [6.45, 7) is 9.36. The Bertz CT molecular complexity index is 530. The summed E-state index contributed by atoms with van der Waals surface area (Å²) in [5.74, 6) is 0.779. The van der Waals surface area contributed by atoms with Gasteiger partial charge in [0.1, 0.15) is 11.4 Å². The van der Waals surface area contributed by atoms with Crippen LogP contribution in [-0.4, -0.2) is 24.3 Å². The first kappa shape index (κ1) is 19.0. The van der Waals surface area contributed by atoms with Gasteiger partial charge >= 0.3 is 6.09 Å². The van der Waals surface area contributed by atoms with E-state index in [9.17, 15) is 9.18 Å². The highest BCUT2D eigenvalue weighted by atomic mass is 19.1. The molecule has 4 nitrogen and oxygen atoms in total. The van der Waals surface area contributed by atoms with Crippen LogP contribution in [0.25, 0.3) is 0 Å². The molecule has 128 valence electrons. The topological polar surface area (TPSA) is 47.6 Å². The first-order valence-electron chi connectivity index (χ1n) is 7.70. The van der Waals surface area contributed by atoms with Crippen LogP contribution in [0.3, 0.4) is 0 Å². The third kappa shape index (κ3) is 8.24. The number of amides is 1. The largest absolute Gasteiger partial charge is 0.491 e. The van der Waals surface area contributed by atoms with Crippen molar-refractivity contribution < 1.29 is 18.7 Å². The first-order valence-corrected chi connectivity index (χ1v) is 7.70. The molecule has 23 heavy (non-hydrogen) atoms. The molecule has 0 spiro atoms. The maximum atomic E-state index is 13.0. The van der Waals surface area contributed by atoms with E-state index in [4.69, 9.17) is 9.47 Å². The monoisotopic (exact) mass is 323 g/mol. The minimum absolute atomic E-state index is 0.107. The van der Waals surface area contributed by atoms with E-state index in [0.29, 0.717) is 18.3 Å². The molecule has 1 N–H and O–H groups in total. The molecule has 0 heterocycles. The van der Waals surface area contributed by atoms with E-state index in [1.54, 1.807) is 20.8 Å². The molecule has 0 saturated carbocycles. The van der Waals surface area contributed by atoms with Gasteiger partial charge < -0.3 is 14.8 Å². The van der Waals surface area contributed by atoms with Gasteiger partial charge in [-0.05, 0) is 64.3 Å². The summed E-state index contributed by atoms with van der Waals surface area (Å²) in [5, 5.41) is 2.55. The van der Waals surface area contributed by atoms with E-state index < -0.39 is 11.7 Å². The van der Waals surface area contributed by atoms with Gasteiger partial charge in [0.2, 0.25) is 0 Å². The lowest BCUT2D eigenvalue weighted by Crippen LogP contribution is -2.33. The Labute approximate surface area is 137 Å². The number of nitrogens with one attached hydrogen (secondary N) is 1. The smallest absolute Gasteiger partial charge is 0.407 e. The Kier molecular flexibility index (Phi) is 7.07. The number of alkyl carbamates (subject to hydrolysis) is 1. The standard InChI is InChI=1S/C18H26FNO3/c1-13(2)22-16-8-6-14(7-9-16)10-15(11-19)12-20-17(21)23-18(3,4)5/h6-9,11,13H,10,12H2,1-5H3,(H,20,21)/b15-11-. The van der Waals surface area contributed by atoms with Gasteiger partial charge in [-0.15, -0.1) is 0 Å². The molecular weight excluding hydrogens is 297 g/mol. The predicted octanol–water partition coefficient (Wildman–Crippen LogP) is 4.39. The SMILES string of the molecule is CC(C)Oc1ccc(C/C(=C/F)CNC(=O)OC(C)(C)C)cc1. The number of benzene rings is 1. The average molecular weight is 323 g/mol. The number of hydrogen-bond donors (Lipinski definition) is 1. The van der Waals surface area contributed by atoms with Gasteiger partial charge in [-0.25, -0.2) is 9.18 Å². The van der Waals surface area contributed by atoms with Crippen molar-refractivity contribution in [3.63, 3.8) is 0 Å². The number of ether oxygens (including phenoxy) is 2. The fraction of sp³-hybridized carbons (Fsp3) is 0.500. The maximum absolute atomic E-state index is 13.0. The van der Waals surface area contributed by atoms with Gasteiger partial charge in [0.05, 0.1) is 12.4 Å². The highest BCUT2D eigenvalue weighted by molar-refractivity contribution is 5.68. The molecule has 0 radical (unpaired) electrons. The fourth-order valence-electron chi connectivity index (χ4n) is 1.86. The van der Waals surface area contributed by atoms with Crippen LogP contribution in [-0.2, 0) is 11.2 Å². The van der Waals surface area contributed by atoms with Gasteiger partial charge in [-0.3, -0.25) is 0 Å². The fourth-order valence-corrected chi connectivity index (χ4v) is 1.86. The zero-order chi connectivity index (χ0) is 17.5. The molecule has 1 rings (SSSR count). The lowest BCUT2D eigenvalue weighted by Gasteiger charge is -2.20. The van der Waals surface area contributed by atoms with Gasteiger partial charge in [-0.2, -0.15) is 0 Å². The second-order valence-electron chi connectivity index (χ2n) is 6.61. The normalized spacial score (nSPS) is 12.2. The number of hydrogen-bond acceptors (Lipinski definition) is 3. The molecule has 0 unspecified atom stereocenters. The first-order chi connectivity index (χ1) is 10.7. The summed E-state index contributed by atoms with van der Waals surface area (Å²) in [6.07, 6.45) is 0.488. The zero-order valence-corrected chi connectivity index (χ0v) is 14.5. The van der Waals surface area contributed by atoms with E-state index in [1.165, 1.54) is 0 Å². The van der Waals surface area contributed by atoms with Gasteiger partial charge in [0.25, 0.3) is 0 Å². The van der Waals surface area contributed by atoms with Crippen LogP contribution in [0.1, 0.15) is 40.2 Å². The third-order valence-corrected chi connectivity index (χ3v) is 2.74. The molecule has 0 fully saturated rings. The Morgan fingerprint density at radius 1 is 1.26 bits per heavy atom. The van der Waals surface area contributed by atoms with Crippen molar-refractivity contribution in [3.8, 4) is 5.75 Å². The van der Waals surface area contributed by atoms with Crippen LogP contribution in [0.5, 0.6) is 5.75 Å². The van der Waals surface area contributed by atoms with Crippen molar-refractivity contribution in [2.45, 2.75) is 52.7 Å². The molecule has 1 amide bonds. The number of halogens is 1. The number of rotatable bonds is 6. The highest BCUT2D eigenvalue weighted by Gasteiger charge is 2.16. The van der Waals surface area contributed by atoms with Gasteiger partial charge in [0.15, 0.2) is 0 Å². The van der Waals surface area contributed by atoms with E-state index in [0.717, 1.165) is 11.3 Å². The molecule has 1 aromatic carbocycles. The van der Waals surface area contributed by atoms with Crippen LogP contribution >= 0.6 is 0 Å². The van der Waals surface area contributed by atoms with Crippen LogP contribution in [0.2, 0.25) is 0 Å². The molecule has 0 atom stereocenters. The second-order valence-corrected chi connectivity index (χ2v) is 6.61. The minimum Gasteiger partial charge on any atom is -0.491 e. The molecule has 0 aromatic heterocycles. The summed E-state index contributed by atoms with van der Waals surface area (Å²) in [6, 6.07) is 7.47. The molecule has 0 saturated heterocycles. The van der Waals surface area contributed by atoms with Crippen LogP contribution in [0, 0.1) is 0 Å². The quantitative estimate of drug-likeness (QED) is 0.844. The highest BCUT2D eigenvalue weighted by Crippen LogP contribution is 2.16. The lowest BCUT2D eigenvalue weighted by atomic mass is 10.1. The van der Waals surface area contributed by atoms with E-state index in [-0.39, 0.29) is 12.6 Å². The second kappa shape index (κ2) is 8.56. The summed E-state index contributed by atoms with van der Waals surface area (Å²) < 4.78 is 23.7. The Morgan fingerprint density at radius 3 is 2.35 bits per heavy atom. The van der Waals surface area contributed by atoms with E-state index in [2.05, 4.69) is 5.32 Å². The summed E-state index contributed by atoms with van der Waals surface area (Å²) >= 11 is 0. The lowest BCUT2D eigenvalue weighted by molar-refractivity contribution is 0.0532. The van der Waals surface area contributed by atoms with Crippen molar-refractivity contribution in [2.75, 3.05) is 6.54 Å². The Morgan fingerprint density at radius 2 is 1.87 bits per heavy atom.